The SMILES string of the molecule is COC(=O)c1ccc(NCC(C)C(C)(C)C)c(F)c1F. The number of halogens is 2. The number of rotatable bonds is 4. The second-order valence-corrected chi connectivity index (χ2v) is 5.93. The largest absolute Gasteiger partial charge is 0.465 e. The summed E-state index contributed by atoms with van der Waals surface area (Å²) in [6.07, 6.45) is 0. The Hall–Kier alpha value is -1.65. The molecule has 0 bridgehead atoms. The molecule has 0 amide bonds. The highest BCUT2D eigenvalue weighted by molar-refractivity contribution is 5.90. The van der Waals surface area contributed by atoms with Crippen LogP contribution in [0.25, 0.3) is 0 Å². The summed E-state index contributed by atoms with van der Waals surface area (Å²) in [6, 6.07) is 2.56. The molecule has 1 atom stereocenters. The highest BCUT2D eigenvalue weighted by Gasteiger charge is 2.22. The zero-order valence-corrected chi connectivity index (χ0v) is 12.5. The van der Waals surface area contributed by atoms with Gasteiger partial charge in [-0.15, -0.1) is 0 Å². The Bertz CT molecular complexity index is 495. The molecule has 0 radical (unpaired) electrons. The first-order valence-corrected chi connectivity index (χ1v) is 6.48. The molecule has 0 aromatic heterocycles. The lowest BCUT2D eigenvalue weighted by Crippen LogP contribution is -2.25. The van der Waals surface area contributed by atoms with Gasteiger partial charge in [-0.1, -0.05) is 27.7 Å². The predicted octanol–water partition coefficient (Wildman–Crippen LogP) is 3.85. The van der Waals surface area contributed by atoms with Gasteiger partial charge in [0.2, 0.25) is 0 Å². The summed E-state index contributed by atoms with van der Waals surface area (Å²) in [6.45, 7) is 8.78. The number of methoxy groups -OCH3 is 1. The van der Waals surface area contributed by atoms with Gasteiger partial charge < -0.3 is 10.1 Å². The first-order valence-electron chi connectivity index (χ1n) is 6.48. The van der Waals surface area contributed by atoms with Crippen LogP contribution in [0.1, 0.15) is 38.1 Å². The Morgan fingerprint density at radius 2 is 1.90 bits per heavy atom. The van der Waals surface area contributed by atoms with Crippen molar-refractivity contribution in [2.24, 2.45) is 11.3 Å². The number of carbonyl (C=O) groups is 1. The van der Waals surface area contributed by atoms with Crippen LogP contribution in [0.3, 0.4) is 0 Å². The lowest BCUT2D eigenvalue weighted by Gasteiger charge is -2.27. The molecule has 3 nitrogen and oxygen atoms in total. The van der Waals surface area contributed by atoms with E-state index >= 15 is 0 Å². The van der Waals surface area contributed by atoms with Crippen LogP contribution in [-0.4, -0.2) is 19.6 Å². The van der Waals surface area contributed by atoms with E-state index in [9.17, 15) is 13.6 Å². The summed E-state index contributed by atoms with van der Waals surface area (Å²) in [4.78, 5) is 11.2. The van der Waals surface area contributed by atoms with Gasteiger partial charge in [0.15, 0.2) is 11.6 Å². The van der Waals surface area contributed by atoms with E-state index in [0.29, 0.717) is 6.54 Å². The van der Waals surface area contributed by atoms with Crippen molar-refractivity contribution in [2.45, 2.75) is 27.7 Å². The molecule has 0 saturated heterocycles. The van der Waals surface area contributed by atoms with Crippen molar-refractivity contribution in [2.75, 3.05) is 19.0 Å². The lowest BCUT2D eigenvalue weighted by molar-refractivity contribution is 0.0594. The molecule has 0 fully saturated rings. The average Bonchev–Trinajstić information content (AvgIpc) is 2.38. The number of anilines is 1. The molecule has 112 valence electrons. The van der Waals surface area contributed by atoms with E-state index in [0.717, 1.165) is 7.11 Å². The first-order chi connectivity index (χ1) is 9.18. The van der Waals surface area contributed by atoms with E-state index in [1.807, 2.05) is 6.92 Å². The Balaban J connectivity index is 2.89. The quantitative estimate of drug-likeness (QED) is 0.854. The summed E-state index contributed by atoms with van der Waals surface area (Å²) < 4.78 is 32.0. The number of esters is 1. The highest BCUT2D eigenvalue weighted by Crippen LogP contribution is 2.27. The minimum absolute atomic E-state index is 0.0475. The second-order valence-electron chi connectivity index (χ2n) is 5.93. The predicted molar refractivity (Wildman–Crippen MR) is 74.8 cm³/mol. The Labute approximate surface area is 118 Å². The molecule has 0 heterocycles. The van der Waals surface area contributed by atoms with Crippen molar-refractivity contribution < 1.29 is 18.3 Å². The van der Waals surface area contributed by atoms with Gasteiger partial charge in [0, 0.05) is 6.54 Å². The van der Waals surface area contributed by atoms with E-state index < -0.39 is 23.2 Å². The third-order valence-electron chi connectivity index (χ3n) is 3.56. The molecular weight excluding hydrogens is 264 g/mol. The van der Waals surface area contributed by atoms with E-state index in [1.165, 1.54) is 12.1 Å². The van der Waals surface area contributed by atoms with E-state index in [-0.39, 0.29) is 17.0 Å². The topological polar surface area (TPSA) is 38.3 Å². The molecule has 1 aromatic carbocycles. The zero-order valence-electron chi connectivity index (χ0n) is 12.5. The van der Waals surface area contributed by atoms with Crippen molar-refractivity contribution >= 4 is 11.7 Å². The molecule has 1 N–H and O–H groups in total. The minimum Gasteiger partial charge on any atom is -0.465 e. The van der Waals surface area contributed by atoms with Crippen LogP contribution in [0.4, 0.5) is 14.5 Å². The van der Waals surface area contributed by atoms with E-state index in [2.05, 4.69) is 30.8 Å². The van der Waals surface area contributed by atoms with Crippen molar-refractivity contribution in [3.63, 3.8) is 0 Å². The third kappa shape index (κ3) is 3.68. The number of benzene rings is 1. The summed E-state index contributed by atoms with van der Waals surface area (Å²) in [7, 11) is 1.12. The number of hydrogen-bond donors (Lipinski definition) is 1. The van der Waals surface area contributed by atoms with Crippen molar-refractivity contribution in [3.05, 3.63) is 29.3 Å². The van der Waals surface area contributed by atoms with Crippen LogP contribution in [0.15, 0.2) is 12.1 Å². The van der Waals surface area contributed by atoms with Gasteiger partial charge >= 0.3 is 5.97 Å². The summed E-state index contributed by atoms with van der Waals surface area (Å²) >= 11 is 0. The van der Waals surface area contributed by atoms with Gasteiger partial charge in [-0.3, -0.25) is 0 Å². The molecule has 5 heteroatoms. The molecule has 0 saturated carbocycles. The molecule has 0 aliphatic rings. The number of carbonyl (C=O) groups excluding carboxylic acids is 1. The summed E-state index contributed by atoms with van der Waals surface area (Å²) in [5.74, 6) is -2.87. The molecule has 1 unspecified atom stereocenters. The maximum atomic E-state index is 13.9. The molecule has 0 aliphatic heterocycles. The van der Waals surface area contributed by atoms with Crippen molar-refractivity contribution in [1.29, 1.82) is 0 Å². The van der Waals surface area contributed by atoms with Crippen molar-refractivity contribution in [1.82, 2.24) is 0 Å². The third-order valence-corrected chi connectivity index (χ3v) is 3.56. The average molecular weight is 285 g/mol. The molecule has 20 heavy (non-hydrogen) atoms. The minimum atomic E-state index is -1.19. The van der Waals surface area contributed by atoms with Gasteiger partial charge in [-0.05, 0) is 23.5 Å². The van der Waals surface area contributed by atoms with Gasteiger partial charge in [-0.25, -0.2) is 13.6 Å². The van der Waals surface area contributed by atoms with Crippen molar-refractivity contribution in [3.8, 4) is 0 Å². The Morgan fingerprint density at radius 3 is 2.40 bits per heavy atom. The van der Waals surface area contributed by atoms with Crippen LogP contribution in [0.2, 0.25) is 0 Å². The number of ether oxygens (including phenoxy) is 1. The maximum absolute atomic E-state index is 13.9. The second kappa shape index (κ2) is 6.20. The Morgan fingerprint density at radius 1 is 1.30 bits per heavy atom. The van der Waals surface area contributed by atoms with E-state index in [1.54, 1.807) is 0 Å². The van der Waals surface area contributed by atoms with Crippen LogP contribution >= 0.6 is 0 Å². The summed E-state index contributed by atoms with van der Waals surface area (Å²) in [5, 5.41) is 2.88. The van der Waals surface area contributed by atoms with Crippen LogP contribution in [-0.2, 0) is 4.74 Å². The smallest absolute Gasteiger partial charge is 0.340 e. The van der Waals surface area contributed by atoms with Crippen LogP contribution in [0, 0.1) is 23.0 Å². The molecule has 1 rings (SSSR count). The number of nitrogens with one attached hydrogen (secondary N) is 1. The molecule has 1 aromatic rings. The fourth-order valence-electron chi connectivity index (χ4n) is 1.52. The number of hydrogen-bond acceptors (Lipinski definition) is 3. The van der Waals surface area contributed by atoms with E-state index in [4.69, 9.17) is 0 Å². The maximum Gasteiger partial charge on any atom is 0.340 e. The normalized spacial score (nSPS) is 12.9. The Kier molecular flexibility index (Phi) is 5.09. The zero-order chi connectivity index (χ0) is 15.5. The summed E-state index contributed by atoms with van der Waals surface area (Å²) in [5.41, 5.74) is -0.292. The van der Waals surface area contributed by atoms with Gasteiger partial charge in [-0.2, -0.15) is 0 Å². The monoisotopic (exact) mass is 285 g/mol. The standard InChI is InChI=1S/C15H21F2NO2/c1-9(15(2,3)4)8-18-11-7-6-10(14(19)20-5)12(16)13(11)17/h6-7,9,18H,8H2,1-5H3. The first kappa shape index (κ1) is 16.4. The van der Waals surface area contributed by atoms with Crippen LogP contribution in [0.5, 0.6) is 0 Å². The fourth-order valence-corrected chi connectivity index (χ4v) is 1.52. The highest BCUT2D eigenvalue weighted by atomic mass is 19.2. The lowest BCUT2D eigenvalue weighted by atomic mass is 9.82. The fraction of sp³-hybridized carbons (Fsp3) is 0.533. The molecule has 0 spiro atoms. The molecule has 0 aliphatic carbocycles. The van der Waals surface area contributed by atoms with Gasteiger partial charge in [0.1, 0.15) is 0 Å². The van der Waals surface area contributed by atoms with Gasteiger partial charge in [0.05, 0.1) is 18.4 Å². The van der Waals surface area contributed by atoms with Crippen LogP contribution < -0.4 is 5.32 Å². The van der Waals surface area contributed by atoms with Gasteiger partial charge in [0.25, 0.3) is 0 Å². The molecular formula is C15H21F2NO2.